The summed E-state index contributed by atoms with van der Waals surface area (Å²) in [5.41, 5.74) is 8.72. The molecule has 6 aromatic rings. The maximum atomic E-state index is 13.5. The second-order valence-electron chi connectivity index (χ2n) is 15.0. The van der Waals surface area contributed by atoms with Gasteiger partial charge in [-0.2, -0.15) is 34.4 Å². The molecule has 2 saturated heterocycles. The van der Waals surface area contributed by atoms with Crippen molar-refractivity contribution in [3.8, 4) is 11.4 Å². The van der Waals surface area contributed by atoms with E-state index in [1.54, 1.807) is 49.2 Å². The number of hydrogen-bond donors (Lipinski definition) is 2. The van der Waals surface area contributed by atoms with Crippen molar-refractivity contribution in [3.63, 3.8) is 0 Å². The Hall–Kier alpha value is -3.88. The quantitative estimate of drug-likeness (QED) is 0.0492. The fourth-order valence-corrected chi connectivity index (χ4v) is 7.21. The summed E-state index contributed by atoms with van der Waals surface area (Å²) in [7, 11) is 2.53. The van der Waals surface area contributed by atoms with E-state index in [-0.39, 0.29) is 187 Å². The summed E-state index contributed by atoms with van der Waals surface area (Å²) >= 11 is 0. The number of methoxy groups -OCH3 is 2. The number of esters is 2. The first-order chi connectivity index (χ1) is 32.4. The van der Waals surface area contributed by atoms with Crippen molar-refractivity contribution in [3.05, 3.63) is 138 Å². The average molecular weight is 1190 g/mol. The number of halogens is 1. The van der Waals surface area contributed by atoms with Gasteiger partial charge in [0.2, 0.25) is 5.95 Å². The van der Waals surface area contributed by atoms with E-state index in [0.29, 0.717) is 47.0 Å². The summed E-state index contributed by atoms with van der Waals surface area (Å²) < 4.78 is 21.8. The third kappa shape index (κ3) is 16.9. The van der Waals surface area contributed by atoms with Gasteiger partial charge in [-0.1, -0.05) is 24.3 Å². The van der Waals surface area contributed by atoms with Crippen LogP contribution in [0.15, 0.2) is 110 Å². The van der Waals surface area contributed by atoms with Crippen LogP contribution in [0.1, 0.15) is 82.4 Å². The van der Waals surface area contributed by atoms with Crippen LogP contribution in [0, 0.1) is 5.95 Å². The summed E-state index contributed by atoms with van der Waals surface area (Å²) in [6.07, 6.45) is 12.8. The van der Waals surface area contributed by atoms with Gasteiger partial charge in [0.15, 0.2) is 0 Å². The number of nitrogens with two attached hydrogens (primary N) is 1. The van der Waals surface area contributed by atoms with Gasteiger partial charge in [-0.15, -0.1) is 0 Å². The van der Waals surface area contributed by atoms with Gasteiger partial charge in [-0.05, 0) is 88.1 Å². The van der Waals surface area contributed by atoms with Gasteiger partial charge >= 0.3 is 150 Å². The summed E-state index contributed by atoms with van der Waals surface area (Å²) in [5.74, 6) is -1.60. The minimum absolute atomic E-state index is 0. The molecule has 4 atom stereocenters. The number of ether oxygens (including phenoxy) is 2. The van der Waals surface area contributed by atoms with E-state index in [0.717, 1.165) is 25.7 Å². The van der Waals surface area contributed by atoms with Crippen LogP contribution in [0.25, 0.3) is 11.4 Å². The summed E-state index contributed by atoms with van der Waals surface area (Å²) in [6, 6.07) is 21.1. The maximum absolute atomic E-state index is 13.5. The molecule has 354 valence electrons. The van der Waals surface area contributed by atoms with Gasteiger partial charge in [0, 0.05) is 49.7 Å². The Labute approximate surface area is 516 Å². The molecule has 0 unspecified atom stereocenters. The van der Waals surface area contributed by atoms with Gasteiger partial charge in [0.1, 0.15) is 16.9 Å². The smallest absolute Gasteiger partial charge is 1.00 e. The molecule has 8 rings (SSSR count). The van der Waals surface area contributed by atoms with E-state index in [1.165, 1.54) is 42.1 Å². The first-order valence-corrected chi connectivity index (χ1v) is 20.9. The van der Waals surface area contributed by atoms with E-state index in [2.05, 4.69) is 52.2 Å². The van der Waals surface area contributed by atoms with Crippen molar-refractivity contribution in [2.45, 2.75) is 63.7 Å². The predicted molar refractivity (Wildman–Crippen MR) is 237 cm³/mol. The van der Waals surface area contributed by atoms with Gasteiger partial charge in [-0.3, -0.25) is 14.4 Å². The minimum atomic E-state index is -0.806. The molecule has 2 aliphatic rings. The Bertz CT molecular complexity index is 2570. The molecule has 0 bridgehead atoms. The van der Waals surface area contributed by atoms with Crippen molar-refractivity contribution in [2.75, 3.05) is 32.6 Å². The molecule has 24 heteroatoms. The van der Waals surface area contributed by atoms with Crippen LogP contribution in [0.3, 0.4) is 0 Å². The molecule has 2 amide bonds. The Morgan fingerprint density at radius 3 is 1.59 bits per heavy atom. The minimum Gasteiger partial charge on any atom is -1.00 e. The molecular formula is C45H51Cs2FN12O9. The fourth-order valence-electron chi connectivity index (χ4n) is 7.21. The third-order valence-corrected chi connectivity index (χ3v) is 10.6. The van der Waals surface area contributed by atoms with E-state index in [4.69, 9.17) is 20.5 Å². The number of anilines is 1. The Balaban J connectivity index is 0.000000372. The summed E-state index contributed by atoms with van der Waals surface area (Å²) in [6.45, 7) is 5.01. The Morgan fingerprint density at radius 2 is 1.10 bits per heavy atom. The molecule has 0 aliphatic carbocycles. The Morgan fingerprint density at radius 1 is 0.667 bits per heavy atom. The average Bonchev–Trinajstić information content (AvgIpc) is 4.12. The van der Waals surface area contributed by atoms with Crippen molar-refractivity contribution in [2.24, 2.45) is 5.73 Å². The van der Waals surface area contributed by atoms with E-state index < -0.39 is 17.9 Å². The fraction of sp³-hybridized carbons (Fsp3) is 0.311. The van der Waals surface area contributed by atoms with Gasteiger partial charge in [0.05, 0.1) is 61.5 Å². The first kappa shape index (κ1) is 59.4. The number of carbonyl (C=O) groups excluding carboxylic acids is 5. The van der Waals surface area contributed by atoms with Crippen molar-refractivity contribution in [1.82, 2.24) is 49.8 Å². The number of piperidine rings is 2. The standard InChI is InChI=1S/C22H24N6O3.C15H19N5O.C7H6FNO2.CH2O3.2Cs.H/c1-15-9-10-16(26-20-18(22(30)31-2)7-5-11-23-20)14-27(15)21(29)17-6-3-4-8-19(17)28-24-12-13-25-28;1-11-6-7-12(16)10-19(11)15(21)13-4-2-3-5-14(13)20-17-8-9-18-20;1-11-7(10)5-3-2-4-9-6(5)8;2-1-4-3;;;/h3-8,11-13,15-16H,9-10,14H2,1-2H3,(H,23,26);2-5,8-9,11-12H,6-7,10,16H2,1H3;2-4H,1H3;1,3H;;;/q;;;;2*+1;-1/p-1/t15-,16-;11-,12-;;;;;/m11...../s1. The number of likely N-dealkylation sites (tertiary alicyclic amines) is 2. The zero-order chi connectivity index (χ0) is 48.3. The van der Waals surface area contributed by atoms with Crippen LogP contribution in [-0.4, -0.2) is 131 Å². The van der Waals surface area contributed by atoms with Gasteiger partial charge in [0.25, 0.3) is 18.3 Å². The van der Waals surface area contributed by atoms with E-state index in [1.807, 2.05) is 59.2 Å². The van der Waals surface area contributed by atoms with Crippen LogP contribution in [0.2, 0.25) is 0 Å². The zero-order valence-corrected chi connectivity index (χ0v) is 51.7. The van der Waals surface area contributed by atoms with Crippen LogP contribution < -0.4 is 154 Å². The molecule has 0 spiro atoms. The zero-order valence-electron chi connectivity index (χ0n) is 40.1. The number of rotatable bonds is 9. The predicted octanol–water partition coefficient (Wildman–Crippen LogP) is -2.66. The van der Waals surface area contributed by atoms with Gasteiger partial charge in [-0.25, -0.2) is 19.6 Å². The van der Waals surface area contributed by atoms with Crippen molar-refractivity contribution >= 4 is 36.0 Å². The number of amides is 2. The van der Waals surface area contributed by atoms with E-state index >= 15 is 0 Å². The summed E-state index contributed by atoms with van der Waals surface area (Å²) in [5, 5.41) is 28.3. The molecule has 2 fully saturated rings. The van der Waals surface area contributed by atoms with Crippen LogP contribution in [0.5, 0.6) is 0 Å². The molecule has 0 radical (unpaired) electrons. The van der Waals surface area contributed by atoms with Gasteiger partial charge < -0.3 is 41.9 Å². The number of para-hydroxylation sites is 2. The third-order valence-electron chi connectivity index (χ3n) is 10.6. The van der Waals surface area contributed by atoms with Crippen molar-refractivity contribution in [1.29, 1.82) is 0 Å². The largest absolute Gasteiger partial charge is 1.00 e. The molecule has 6 heterocycles. The molecule has 2 aliphatic heterocycles. The maximum Gasteiger partial charge on any atom is 1.00 e. The number of nitrogens with one attached hydrogen (secondary N) is 1. The molecule has 2 aromatic carbocycles. The first-order valence-electron chi connectivity index (χ1n) is 20.9. The van der Waals surface area contributed by atoms with Crippen LogP contribution in [0.4, 0.5) is 10.2 Å². The van der Waals surface area contributed by atoms with Crippen LogP contribution >= 0.6 is 0 Å². The molecule has 0 saturated carbocycles. The number of nitrogens with zero attached hydrogens (tertiary/aromatic N) is 10. The number of pyridine rings is 2. The van der Waals surface area contributed by atoms with E-state index in [9.17, 15) is 23.6 Å². The summed E-state index contributed by atoms with van der Waals surface area (Å²) in [4.78, 5) is 74.6. The number of carbonyl (C=O) groups is 5. The SMILES string of the molecule is COC(=O)c1cccnc1F.COC(=O)c1cccnc1N[C@@H]1CC[C@@H](C)N(C(=O)c2ccccc2-n2nccn2)C1.C[C@@H]1CC[C@@H](N)CN1C(=O)c1ccccc1-n1nccn1.O=CO[O-].[Cs+].[Cs+].[H-]. The molecule has 21 nitrogen and oxygen atoms in total. The molecular weight excluding hydrogens is 1140 g/mol. The molecule has 69 heavy (non-hydrogen) atoms. The normalized spacial score (nSPS) is 16.9. The topological polar surface area (TPSA) is 268 Å². The monoisotopic (exact) mass is 1190 g/mol. The van der Waals surface area contributed by atoms with Crippen LogP contribution in [-0.2, 0) is 19.2 Å². The van der Waals surface area contributed by atoms with Crippen molar-refractivity contribution < 1.29 is 187 Å². The number of hydrogen-bond acceptors (Lipinski definition) is 17. The second kappa shape index (κ2) is 30.8. The number of benzene rings is 2. The Kier molecular flexibility index (Phi) is 26.5. The molecule has 4 aromatic heterocycles. The molecule has 3 N–H and O–H groups in total. The number of aromatic nitrogens is 8. The second-order valence-corrected chi connectivity index (χ2v) is 15.0.